The van der Waals surface area contributed by atoms with E-state index in [1.807, 2.05) is 0 Å². The van der Waals surface area contributed by atoms with Crippen LogP contribution in [-0.2, 0) is 4.79 Å². The summed E-state index contributed by atoms with van der Waals surface area (Å²) in [7, 11) is 0. The number of rotatable bonds is 4. The highest BCUT2D eigenvalue weighted by Crippen LogP contribution is 2.22. The highest BCUT2D eigenvalue weighted by molar-refractivity contribution is 8.00. The van der Waals surface area contributed by atoms with Gasteiger partial charge < -0.3 is 11.1 Å². The van der Waals surface area contributed by atoms with Gasteiger partial charge in [0.15, 0.2) is 5.82 Å². The van der Waals surface area contributed by atoms with Crippen LogP contribution in [-0.4, -0.2) is 21.6 Å². The number of carbonyl (C=O) groups excluding carboxylic acids is 1. The molecule has 0 unspecified atom stereocenters. The highest BCUT2D eigenvalue weighted by atomic mass is 35.5. The smallest absolute Gasteiger partial charge is 0.234 e. The number of hydrogen-bond acceptors (Lipinski definition) is 5. The summed E-state index contributed by atoms with van der Waals surface area (Å²) in [6.45, 7) is 0. The minimum absolute atomic E-state index is 0.178. The Hall–Kier alpha value is -1.79. The Morgan fingerprint density at radius 1 is 1.32 bits per heavy atom. The predicted octanol–water partition coefficient (Wildman–Crippen LogP) is 2.44. The molecule has 0 spiro atoms. The largest absolute Gasteiger partial charge is 0.381 e. The van der Waals surface area contributed by atoms with Crippen LogP contribution in [0.5, 0.6) is 0 Å². The number of benzene rings is 1. The van der Waals surface area contributed by atoms with Crippen LogP contribution in [0.3, 0.4) is 0 Å². The molecule has 1 aromatic heterocycles. The summed E-state index contributed by atoms with van der Waals surface area (Å²) in [5.41, 5.74) is 6.22. The van der Waals surface area contributed by atoms with E-state index in [9.17, 15) is 4.79 Å². The van der Waals surface area contributed by atoms with Crippen LogP contribution in [0.2, 0.25) is 5.02 Å². The molecule has 1 aromatic carbocycles. The monoisotopic (exact) mass is 294 g/mol. The van der Waals surface area contributed by atoms with E-state index in [-0.39, 0.29) is 11.7 Å². The zero-order chi connectivity index (χ0) is 13.7. The molecule has 7 heteroatoms. The van der Waals surface area contributed by atoms with E-state index in [0.717, 1.165) is 0 Å². The van der Waals surface area contributed by atoms with Crippen molar-refractivity contribution < 1.29 is 4.79 Å². The van der Waals surface area contributed by atoms with E-state index in [1.165, 1.54) is 24.2 Å². The molecule has 1 heterocycles. The fourth-order valence-corrected chi connectivity index (χ4v) is 2.19. The first-order valence-electron chi connectivity index (χ1n) is 5.40. The second-order valence-corrected chi connectivity index (χ2v) is 4.93. The second-order valence-electron chi connectivity index (χ2n) is 3.56. The average molecular weight is 295 g/mol. The predicted molar refractivity (Wildman–Crippen MR) is 77.3 cm³/mol. The number of nitrogen functional groups attached to an aromatic ring is 1. The number of anilines is 2. The van der Waals surface area contributed by atoms with Crippen molar-refractivity contribution in [3.63, 3.8) is 0 Å². The van der Waals surface area contributed by atoms with Crippen LogP contribution in [0, 0.1) is 0 Å². The molecule has 0 fully saturated rings. The maximum Gasteiger partial charge on any atom is 0.234 e. The fourth-order valence-electron chi connectivity index (χ4n) is 1.33. The molecule has 0 saturated carbocycles. The third kappa shape index (κ3) is 3.84. The van der Waals surface area contributed by atoms with Gasteiger partial charge >= 0.3 is 0 Å². The van der Waals surface area contributed by atoms with Crippen molar-refractivity contribution in [3.05, 3.63) is 41.7 Å². The summed E-state index contributed by atoms with van der Waals surface area (Å²) >= 11 is 7.17. The van der Waals surface area contributed by atoms with Crippen molar-refractivity contribution >= 4 is 40.8 Å². The van der Waals surface area contributed by atoms with Crippen molar-refractivity contribution in [2.45, 2.75) is 5.03 Å². The van der Waals surface area contributed by atoms with Gasteiger partial charge in [0.1, 0.15) is 5.03 Å². The third-order valence-electron chi connectivity index (χ3n) is 2.18. The molecule has 2 aromatic rings. The molecule has 0 saturated heterocycles. The fraction of sp³-hybridized carbons (Fsp3) is 0.0833. The normalized spacial score (nSPS) is 10.2. The van der Waals surface area contributed by atoms with Crippen molar-refractivity contribution in [2.75, 3.05) is 16.8 Å². The van der Waals surface area contributed by atoms with Crippen LogP contribution in [0.15, 0.2) is 41.7 Å². The summed E-state index contributed by atoms with van der Waals surface area (Å²) in [5, 5.41) is 3.76. The van der Waals surface area contributed by atoms with Crippen molar-refractivity contribution in [3.8, 4) is 0 Å². The summed E-state index contributed by atoms with van der Waals surface area (Å²) in [6, 6.07) is 7.05. The minimum atomic E-state index is -0.178. The van der Waals surface area contributed by atoms with Gasteiger partial charge in [-0.1, -0.05) is 35.5 Å². The van der Waals surface area contributed by atoms with Crippen LogP contribution >= 0.6 is 23.4 Å². The topological polar surface area (TPSA) is 80.9 Å². The first-order valence-corrected chi connectivity index (χ1v) is 6.77. The molecule has 0 bridgehead atoms. The lowest BCUT2D eigenvalue weighted by atomic mass is 10.3. The van der Waals surface area contributed by atoms with E-state index in [2.05, 4.69) is 15.3 Å². The van der Waals surface area contributed by atoms with Crippen molar-refractivity contribution in [1.29, 1.82) is 0 Å². The van der Waals surface area contributed by atoms with Crippen LogP contribution in [0.4, 0.5) is 11.5 Å². The molecule has 0 atom stereocenters. The molecule has 3 N–H and O–H groups in total. The molecule has 2 rings (SSSR count). The lowest BCUT2D eigenvalue weighted by Crippen LogP contribution is -2.14. The molecule has 1 amide bonds. The van der Waals surface area contributed by atoms with Crippen molar-refractivity contribution in [1.82, 2.24) is 9.97 Å². The van der Waals surface area contributed by atoms with Gasteiger partial charge in [0.2, 0.25) is 5.91 Å². The Balaban J connectivity index is 1.92. The first kappa shape index (κ1) is 13.6. The van der Waals surface area contributed by atoms with Crippen LogP contribution in [0.1, 0.15) is 0 Å². The lowest BCUT2D eigenvalue weighted by Gasteiger charge is -2.06. The summed E-state index contributed by atoms with van der Waals surface area (Å²) in [6.07, 6.45) is 3.04. The number of carbonyl (C=O) groups is 1. The summed E-state index contributed by atoms with van der Waals surface area (Å²) in [5.74, 6) is 0.329. The van der Waals surface area contributed by atoms with Gasteiger partial charge in [0.25, 0.3) is 0 Å². The zero-order valence-electron chi connectivity index (χ0n) is 9.84. The van der Waals surface area contributed by atoms with Gasteiger partial charge in [0.05, 0.1) is 16.5 Å². The molecular formula is C12H11ClN4OS. The van der Waals surface area contributed by atoms with E-state index >= 15 is 0 Å². The lowest BCUT2D eigenvalue weighted by molar-refractivity contribution is -0.113. The van der Waals surface area contributed by atoms with Crippen LogP contribution < -0.4 is 11.1 Å². The molecule has 0 aliphatic carbocycles. The third-order valence-corrected chi connectivity index (χ3v) is 3.50. The number of halogens is 1. The number of para-hydroxylation sites is 1. The zero-order valence-corrected chi connectivity index (χ0v) is 11.4. The maximum atomic E-state index is 11.8. The summed E-state index contributed by atoms with van der Waals surface area (Å²) in [4.78, 5) is 19.7. The standard InChI is InChI=1S/C12H11ClN4OS/c13-8-3-1-2-4-9(8)17-10(18)7-19-12-11(14)15-5-6-16-12/h1-6H,7H2,(H2,14,15)(H,17,18). The van der Waals surface area contributed by atoms with E-state index < -0.39 is 0 Å². The molecule has 5 nitrogen and oxygen atoms in total. The number of thioether (sulfide) groups is 1. The van der Waals surface area contributed by atoms with Gasteiger partial charge in [-0.25, -0.2) is 9.97 Å². The molecular weight excluding hydrogens is 284 g/mol. The Kier molecular flexibility index (Phi) is 4.59. The number of hydrogen-bond donors (Lipinski definition) is 2. The summed E-state index contributed by atoms with van der Waals surface area (Å²) < 4.78 is 0. The van der Waals surface area contributed by atoms with Gasteiger partial charge in [-0.3, -0.25) is 4.79 Å². The molecule has 0 aliphatic rings. The maximum absolute atomic E-state index is 11.8. The number of nitrogens with two attached hydrogens (primary N) is 1. The number of nitrogens with zero attached hydrogens (tertiary/aromatic N) is 2. The second kappa shape index (κ2) is 6.40. The average Bonchev–Trinajstić information content (AvgIpc) is 2.40. The Labute approximate surface area is 119 Å². The molecule has 0 aliphatic heterocycles. The molecule has 0 radical (unpaired) electrons. The Morgan fingerprint density at radius 2 is 2.05 bits per heavy atom. The number of amides is 1. The minimum Gasteiger partial charge on any atom is -0.381 e. The van der Waals surface area contributed by atoms with Crippen LogP contribution in [0.25, 0.3) is 0 Å². The van der Waals surface area contributed by atoms with Gasteiger partial charge in [-0.15, -0.1) is 0 Å². The number of aromatic nitrogens is 2. The van der Waals surface area contributed by atoms with Gasteiger partial charge in [-0.05, 0) is 12.1 Å². The Bertz CT molecular complexity index is 593. The van der Waals surface area contributed by atoms with Gasteiger partial charge in [0, 0.05) is 12.4 Å². The SMILES string of the molecule is Nc1nccnc1SCC(=O)Nc1ccccc1Cl. The number of nitrogens with one attached hydrogen (secondary N) is 1. The van der Waals surface area contributed by atoms with E-state index in [1.54, 1.807) is 24.3 Å². The Morgan fingerprint density at radius 3 is 2.79 bits per heavy atom. The van der Waals surface area contributed by atoms with E-state index in [0.29, 0.717) is 21.6 Å². The molecule has 98 valence electrons. The van der Waals surface area contributed by atoms with E-state index in [4.69, 9.17) is 17.3 Å². The highest BCUT2D eigenvalue weighted by Gasteiger charge is 2.08. The molecule has 19 heavy (non-hydrogen) atoms. The van der Waals surface area contributed by atoms with Crippen molar-refractivity contribution in [2.24, 2.45) is 0 Å². The van der Waals surface area contributed by atoms with Gasteiger partial charge in [-0.2, -0.15) is 0 Å². The first-order chi connectivity index (χ1) is 9.16. The quantitative estimate of drug-likeness (QED) is 0.847.